The summed E-state index contributed by atoms with van der Waals surface area (Å²) in [7, 11) is 5.89. The van der Waals surface area contributed by atoms with E-state index >= 15 is 0 Å². The molecule has 0 fully saturated rings. The van der Waals surface area contributed by atoms with E-state index in [9.17, 15) is 4.79 Å². The molecule has 0 saturated heterocycles. The predicted octanol–water partition coefficient (Wildman–Crippen LogP) is 1.25. The Morgan fingerprint density at radius 2 is 2.22 bits per heavy atom. The Balaban J connectivity index is 2.17. The van der Waals surface area contributed by atoms with Crippen molar-refractivity contribution in [3.05, 3.63) is 33.4 Å². The van der Waals surface area contributed by atoms with E-state index in [-0.39, 0.29) is 4.87 Å². The van der Waals surface area contributed by atoms with Gasteiger partial charge in [-0.05, 0) is 31.8 Å². The Hall–Kier alpha value is -1.17. The molecule has 0 spiro atoms. The van der Waals surface area contributed by atoms with Crippen LogP contribution in [-0.2, 0) is 13.6 Å². The smallest absolute Gasteiger partial charge is 0.307 e. The summed E-state index contributed by atoms with van der Waals surface area (Å²) in [5.74, 6) is 0. The van der Waals surface area contributed by atoms with Gasteiger partial charge in [0.2, 0.25) is 0 Å². The highest BCUT2D eigenvalue weighted by atomic mass is 32.1. The summed E-state index contributed by atoms with van der Waals surface area (Å²) in [6.45, 7) is 2.91. The van der Waals surface area contributed by atoms with Crippen molar-refractivity contribution < 1.29 is 0 Å². The molecule has 98 valence electrons. The highest BCUT2D eigenvalue weighted by molar-refractivity contribution is 7.16. The van der Waals surface area contributed by atoms with Gasteiger partial charge in [-0.25, -0.2) is 0 Å². The molecule has 0 aliphatic carbocycles. The number of nitrogens with zero attached hydrogens (tertiary/aromatic N) is 2. The minimum absolute atomic E-state index is 0.102. The highest BCUT2D eigenvalue weighted by Crippen LogP contribution is 2.18. The molecule has 0 aliphatic rings. The number of fused-ring (bicyclic) bond motifs is 1. The number of benzene rings is 1. The van der Waals surface area contributed by atoms with Crippen molar-refractivity contribution in [2.75, 3.05) is 27.2 Å². The maximum absolute atomic E-state index is 11.6. The molecule has 0 radical (unpaired) electrons. The monoisotopic (exact) mass is 265 g/mol. The zero-order valence-electron chi connectivity index (χ0n) is 11.1. The van der Waals surface area contributed by atoms with Gasteiger partial charge < -0.3 is 14.8 Å². The highest BCUT2D eigenvalue weighted by Gasteiger charge is 2.06. The second-order valence-electron chi connectivity index (χ2n) is 4.57. The summed E-state index contributed by atoms with van der Waals surface area (Å²) in [6.07, 6.45) is 0. The van der Waals surface area contributed by atoms with E-state index in [1.54, 1.807) is 4.57 Å². The number of aromatic nitrogens is 1. The molecular formula is C13H19N3OS. The molecule has 0 bridgehead atoms. The lowest BCUT2D eigenvalue weighted by Gasteiger charge is -2.16. The molecule has 0 unspecified atom stereocenters. The van der Waals surface area contributed by atoms with Gasteiger partial charge in [0.25, 0.3) is 0 Å². The molecule has 1 heterocycles. The van der Waals surface area contributed by atoms with Crippen LogP contribution in [0.5, 0.6) is 0 Å². The normalized spacial score (nSPS) is 11.6. The van der Waals surface area contributed by atoms with Crippen LogP contribution in [0.3, 0.4) is 0 Å². The van der Waals surface area contributed by atoms with Crippen molar-refractivity contribution in [2.45, 2.75) is 6.54 Å². The van der Waals surface area contributed by atoms with Crippen LogP contribution in [0.25, 0.3) is 10.2 Å². The third-order valence-corrected chi connectivity index (χ3v) is 4.05. The quantitative estimate of drug-likeness (QED) is 0.884. The van der Waals surface area contributed by atoms with E-state index in [1.165, 1.54) is 16.9 Å². The van der Waals surface area contributed by atoms with E-state index in [0.717, 1.165) is 29.9 Å². The standard InChI is InChI=1S/C13H19N3OS/c1-14-6-7-15(2)9-10-4-5-11-12(8-10)18-13(17)16(11)3/h4-5,8,14H,6-7,9H2,1-3H3. The van der Waals surface area contributed by atoms with Crippen LogP contribution >= 0.6 is 11.3 Å². The topological polar surface area (TPSA) is 37.3 Å². The summed E-state index contributed by atoms with van der Waals surface area (Å²) in [6, 6.07) is 6.26. The number of hydrogen-bond acceptors (Lipinski definition) is 4. The van der Waals surface area contributed by atoms with Gasteiger partial charge in [-0.2, -0.15) is 0 Å². The lowest BCUT2D eigenvalue weighted by Crippen LogP contribution is -2.26. The van der Waals surface area contributed by atoms with Crippen molar-refractivity contribution in [3.8, 4) is 0 Å². The van der Waals surface area contributed by atoms with E-state index in [2.05, 4.69) is 29.4 Å². The van der Waals surface area contributed by atoms with E-state index in [1.807, 2.05) is 20.2 Å². The Morgan fingerprint density at radius 1 is 1.44 bits per heavy atom. The van der Waals surface area contributed by atoms with E-state index in [0.29, 0.717) is 0 Å². The molecule has 0 atom stereocenters. The van der Waals surface area contributed by atoms with Crippen LogP contribution in [0.1, 0.15) is 5.56 Å². The van der Waals surface area contributed by atoms with Crippen LogP contribution < -0.4 is 10.2 Å². The second-order valence-corrected chi connectivity index (χ2v) is 5.56. The van der Waals surface area contributed by atoms with Gasteiger partial charge in [0.05, 0.1) is 10.2 Å². The molecule has 0 amide bonds. The minimum Gasteiger partial charge on any atom is -0.318 e. The summed E-state index contributed by atoms with van der Waals surface area (Å²) in [5.41, 5.74) is 2.27. The fourth-order valence-corrected chi connectivity index (χ4v) is 2.91. The van der Waals surface area contributed by atoms with Crippen LogP contribution in [0, 0.1) is 0 Å². The lowest BCUT2D eigenvalue weighted by molar-refractivity contribution is 0.328. The SMILES string of the molecule is CNCCN(C)Cc1ccc2c(c1)sc(=O)n2C. The first kappa shape index (κ1) is 13.3. The molecule has 1 aromatic heterocycles. The van der Waals surface area contributed by atoms with Gasteiger partial charge in [-0.3, -0.25) is 4.79 Å². The van der Waals surface area contributed by atoms with E-state index < -0.39 is 0 Å². The number of aryl methyl sites for hydroxylation is 1. The van der Waals surface area contributed by atoms with Crippen LogP contribution in [0.15, 0.2) is 23.0 Å². The van der Waals surface area contributed by atoms with Crippen molar-refractivity contribution >= 4 is 21.6 Å². The number of hydrogen-bond donors (Lipinski definition) is 1. The van der Waals surface area contributed by atoms with Crippen LogP contribution in [-0.4, -0.2) is 36.7 Å². The maximum atomic E-state index is 11.6. The Morgan fingerprint density at radius 3 is 2.94 bits per heavy atom. The Labute approximate surface area is 111 Å². The van der Waals surface area contributed by atoms with Gasteiger partial charge >= 0.3 is 4.87 Å². The second kappa shape index (κ2) is 5.65. The molecule has 2 aromatic rings. The molecule has 5 heteroatoms. The average Bonchev–Trinajstić information content (AvgIpc) is 2.62. The van der Waals surface area contributed by atoms with Gasteiger partial charge in [0.15, 0.2) is 0 Å². The average molecular weight is 265 g/mol. The third-order valence-electron chi connectivity index (χ3n) is 3.05. The third kappa shape index (κ3) is 2.80. The van der Waals surface area contributed by atoms with E-state index in [4.69, 9.17) is 0 Å². The Bertz CT molecular complexity index is 587. The van der Waals surface area contributed by atoms with Crippen molar-refractivity contribution in [1.29, 1.82) is 0 Å². The number of rotatable bonds is 5. The number of likely N-dealkylation sites (N-methyl/N-ethyl adjacent to an activating group) is 2. The molecule has 18 heavy (non-hydrogen) atoms. The van der Waals surface area contributed by atoms with Gasteiger partial charge in [-0.15, -0.1) is 0 Å². The fraction of sp³-hybridized carbons (Fsp3) is 0.462. The first-order valence-electron chi connectivity index (χ1n) is 6.03. The first-order chi connectivity index (χ1) is 8.61. The minimum atomic E-state index is 0.102. The summed E-state index contributed by atoms with van der Waals surface area (Å²) < 4.78 is 2.77. The summed E-state index contributed by atoms with van der Waals surface area (Å²) in [4.78, 5) is 13.9. The van der Waals surface area contributed by atoms with Gasteiger partial charge in [0, 0.05) is 26.7 Å². The zero-order valence-corrected chi connectivity index (χ0v) is 11.9. The molecule has 2 rings (SSSR count). The largest absolute Gasteiger partial charge is 0.318 e. The molecule has 4 nitrogen and oxygen atoms in total. The van der Waals surface area contributed by atoms with Crippen LogP contribution in [0.2, 0.25) is 0 Å². The maximum Gasteiger partial charge on any atom is 0.307 e. The lowest BCUT2D eigenvalue weighted by atomic mass is 10.2. The van der Waals surface area contributed by atoms with Crippen LogP contribution in [0.4, 0.5) is 0 Å². The number of nitrogens with one attached hydrogen (secondary N) is 1. The molecule has 1 aromatic carbocycles. The molecule has 0 saturated carbocycles. The van der Waals surface area contributed by atoms with Crippen molar-refractivity contribution in [3.63, 3.8) is 0 Å². The molecular weight excluding hydrogens is 246 g/mol. The fourth-order valence-electron chi connectivity index (χ4n) is 1.97. The van der Waals surface area contributed by atoms with Crippen molar-refractivity contribution in [2.24, 2.45) is 7.05 Å². The Kier molecular flexibility index (Phi) is 4.16. The summed E-state index contributed by atoms with van der Waals surface area (Å²) >= 11 is 1.31. The zero-order chi connectivity index (χ0) is 13.1. The number of thiazole rings is 1. The van der Waals surface area contributed by atoms with Crippen molar-refractivity contribution in [1.82, 2.24) is 14.8 Å². The molecule has 1 N–H and O–H groups in total. The van der Waals surface area contributed by atoms with Gasteiger partial charge in [0.1, 0.15) is 0 Å². The molecule has 0 aliphatic heterocycles. The first-order valence-corrected chi connectivity index (χ1v) is 6.85. The van der Waals surface area contributed by atoms with Gasteiger partial charge in [-0.1, -0.05) is 17.4 Å². The predicted molar refractivity (Wildman–Crippen MR) is 77.3 cm³/mol. The summed E-state index contributed by atoms with van der Waals surface area (Å²) in [5, 5.41) is 3.14.